The number of nitrogens with one attached hydrogen (secondary N) is 1. The van der Waals surface area contributed by atoms with Gasteiger partial charge in [-0.05, 0) is 19.3 Å². The van der Waals surface area contributed by atoms with E-state index < -0.39 is 0 Å². The molecule has 0 unspecified atom stereocenters. The summed E-state index contributed by atoms with van der Waals surface area (Å²) in [4.78, 5) is 14.5. The first-order valence-electron chi connectivity index (χ1n) is 7.39. The van der Waals surface area contributed by atoms with E-state index in [1.54, 1.807) is 0 Å². The molecule has 6 heteroatoms. The molecule has 2 aliphatic rings. The standard InChI is InChI=1S/C14H22N4O2/c1-17-12-4-2-3-11(12)13(16-17)14(19)15-5-6-18-7-9-20-10-8-18/h2-10H2,1H3,(H,15,19). The number of aryl methyl sites for hydroxylation is 1. The molecule has 0 saturated carbocycles. The van der Waals surface area contributed by atoms with Gasteiger partial charge in [-0.3, -0.25) is 14.4 Å². The largest absolute Gasteiger partial charge is 0.379 e. The van der Waals surface area contributed by atoms with E-state index in [1.165, 1.54) is 5.69 Å². The van der Waals surface area contributed by atoms with E-state index in [0.29, 0.717) is 12.2 Å². The molecule has 0 atom stereocenters. The zero-order valence-corrected chi connectivity index (χ0v) is 12.0. The fourth-order valence-electron chi connectivity index (χ4n) is 3.03. The molecule has 1 aromatic rings. The molecular weight excluding hydrogens is 256 g/mol. The van der Waals surface area contributed by atoms with Crippen molar-refractivity contribution in [3.63, 3.8) is 0 Å². The summed E-state index contributed by atoms with van der Waals surface area (Å²) in [6.07, 6.45) is 3.16. The smallest absolute Gasteiger partial charge is 0.272 e. The van der Waals surface area contributed by atoms with Crippen LogP contribution in [0.1, 0.15) is 28.2 Å². The first-order chi connectivity index (χ1) is 9.75. The van der Waals surface area contributed by atoms with Crippen LogP contribution in [0.5, 0.6) is 0 Å². The summed E-state index contributed by atoms with van der Waals surface area (Å²) < 4.78 is 7.17. The number of rotatable bonds is 4. The van der Waals surface area contributed by atoms with E-state index in [4.69, 9.17) is 4.74 Å². The highest BCUT2D eigenvalue weighted by molar-refractivity contribution is 5.94. The fourth-order valence-corrected chi connectivity index (χ4v) is 3.03. The minimum Gasteiger partial charge on any atom is -0.379 e. The Bertz CT molecular complexity index is 492. The predicted octanol–water partition coefficient (Wildman–Crippen LogP) is -0.0292. The molecule has 110 valence electrons. The number of hydrogen-bond acceptors (Lipinski definition) is 4. The minimum atomic E-state index is -0.0305. The van der Waals surface area contributed by atoms with Crippen LogP contribution in [0, 0.1) is 0 Å². The van der Waals surface area contributed by atoms with Crippen LogP contribution in [0.2, 0.25) is 0 Å². The normalized spacial score (nSPS) is 19.1. The first kappa shape index (κ1) is 13.6. The Kier molecular flexibility index (Phi) is 4.03. The van der Waals surface area contributed by atoms with Crippen molar-refractivity contribution < 1.29 is 9.53 Å². The van der Waals surface area contributed by atoms with E-state index >= 15 is 0 Å². The average molecular weight is 278 g/mol. The number of nitrogens with zero attached hydrogens (tertiary/aromatic N) is 3. The van der Waals surface area contributed by atoms with Crippen molar-refractivity contribution in [2.75, 3.05) is 39.4 Å². The molecule has 2 heterocycles. The molecule has 0 bridgehead atoms. The molecule has 0 radical (unpaired) electrons. The summed E-state index contributed by atoms with van der Waals surface area (Å²) in [5.41, 5.74) is 3.00. The van der Waals surface area contributed by atoms with Gasteiger partial charge in [-0.25, -0.2) is 0 Å². The number of ether oxygens (including phenoxy) is 1. The van der Waals surface area contributed by atoms with Gasteiger partial charge >= 0.3 is 0 Å². The van der Waals surface area contributed by atoms with Crippen LogP contribution in [0.15, 0.2) is 0 Å². The summed E-state index contributed by atoms with van der Waals surface area (Å²) in [6.45, 7) is 5.04. The lowest BCUT2D eigenvalue weighted by molar-refractivity contribution is 0.0383. The Morgan fingerprint density at radius 2 is 2.15 bits per heavy atom. The summed E-state index contributed by atoms with van der Waals surface area (Å²) in [5.74, 6) is -0.0305. The van der Waals surface area contributed by atoms with Gasteiger partial charge in [-0.1, -0.05) is 0 Å². The van der Waals surface area contributed by atoms with Crippen molar-refractivity contribution in [2.24, 2.45) is 7.05 Å². The maximum Gasteiger partial charge on any atom is 0.272 e. The summed E-state index contributed by atoms with van der Waals surface area (Å²) in [6, 6.07) is 0. The van der Waals surface area contributed by atoms with Crippen molar-refractivity contribution in [1.82, 2.24) is 20.0 Å². The maximum absolute atomic E-state index is 12.2. The number of morpholine rings is 1. The first-order valence-corrected chi connectivity index (χ1v) is 7.39. The Hall–Kier alpha value is -1.40. The van der Waals surface area contributed by atoms with Crippen LogP contribution in [-0.4, -0.2) is 60.0 Å². The zero-order chi connectivity index (χ0) is 13.9. The van der Waals surface area contributed by atoms with Crippen molar-refractivity contribution in [2.45, 2.75) is 19.3 Å². The van der Waals surface area contributed by atoms with Crippen LogP contribution >= 0.6 is 0 Å². The second kappa shape index (κ2) is 5.93. The van der Waals surface area contributed by atoms with Crippen molar-refractivity contribution in [3.8, 4) is 0 Å². The number of amides is 1. The number of aromatic nitrogens is 2. The average Bonchev–Trinajstić information content (AvgIpc) is 3.04. The summed E-state index contributed by atoms with van der Waals surface area (Å²) >= 11 is 0. The van der Waals surface area contributed by atoms with E-state index in [0.717, 1.165) is 57.7 Å². The number of fused-ring (bicyclic) bond motifs is 1. The molecule has 1 aromatic heterocycles. The monoisotopic (exact) mass is 278 g/mol. The van der Waals surface area contributed by atoms with Gasteiger partial charge in [0.15, 0.2) is 5.69 Å². The Balaban J connectivity index is 1.53. The lowest BCUT2D eigenvalue weighted by atomic mass is 10.2. The molecule has 1 amide bonds. The number of carbonyl (C=O) groups is 1. The number of hydrogen-bond donors (Lipinski definition) is 1. The lowest BCUT2D eigenvalue weighted by Gasteiger charge is -2.26. The van der Waals surface area contributed by atoms with Gasteiger partial charge in [0.2, 0.25) is 0 Å². The van der Waals surface area contributed by atoms with Crippen molar-refractivity contribution in [3.05, 3.63) is 17.0 Å². The Morgan fingerprint density at radius 1 is 1.35 bits per heavy atom. The van der Waals surface area contributed by atoms with Crippen LogP contribution in [0.4, 0.5) is 0 Å². The van der Waals surface area contributed by atoms with Crippen LogP contribution in [0.3, 0.4) is 0 Å². The third kappa shape index (κ3) is 2.71. The molecule has 20 heavy (non-hydrogen) atoms. The van der Waals surface area contributed by atoms with E-state index in [1.807, 2.05) is 11.7 Å². The lowest BCUT2D eigenvalue weighted by Crippen LogP contribution is -2.41. The van der Waals surface area contributed by atoms with Crippen molar-refractivity contribution >= 4 is 5.91 Å². The third-order valence-corrected chi connectivity index (χ3v) is 4.15. The van der Waals surface area contributed by atoms with Crippen LogP contribution < -0.4 is 5.32 Å². The molecule has 1 aliphatic heterocycles. The van der Waals surface area contributed by atoms with Gasteiger partial charge in [0.1, 0.15) is 0 Å². The number of carbonyl (C=O) groups excluding carboxylic acids is 1. The van der Waals surface area contributed by atoms with Gasteiger partial charge < -0.3 is 10.1 Å². The van der Waals surface area contributed by atoms with E-state index in [-0.39, 0.29) is 5.91 Å². The second-order valence-electron chi connectivity index (χ2n) is 5.46. The second-order valence-corrected chi connectivity index (χ2v) is 5.46. The quantitative estimate of drug-likeness (QED) is 0.840. The van der Waals surface area contributed by atoms with E-state index in [2.05, 4.69) is 15.3 Å². The van der Waals surface area contributed by atoms with Gasteiger partial charge in [0.25, 0.3) is 5.91 Å². The minimum absolute atomic E-state index is 0.0305. The molecule has 1 N–H and O–H groups in total. The molecular formula is C14H22N4O2. The van der Waals surface area contributed by atoms with Crippen molar-refractivity contribution in [1.29, 1.82) is 0 Å². The zero-order valence-electron chi connectivity index (χ0n) is 12.0. The Labute approximate surface area is 119 Å². The predicted molar refractivity (Wildman–Crippen MR) is 74.8 cm³/mol. The van der Waals surface area contributed by atoms with Gasteiger partial charge in [0, 0.05) is 44.5 Å². The van der Waals surface area contributed by atoms with Gasteiger partial charge in [-0.2, -0.15) is 5.10 Å². The van der Waals surface area contributed by atoms with Crippen LogP contribution in [-0.2, 0) is 24.6 Å². The highest BCUT2D eigenvalue weighted by atomic mass is 16.5. The molecule has 1 aliphatic carbocycles. The molecule has 0 spiro atoms. The highest BCUT2D eigenvalue weighted by Crippen LogP contribution is 2.24. The highest BCUT2D eigenvalue weighted by Gasteiger charge is 2.24. The fraction of sp³-hybridized carbons (Fsp3) is 0.714. The molecule has 0 aromatic carbocycles. The molecule has 3 rings (SSSR count). The SMILES string of the molecule is Cn1nc(C(=O)NCCN2CCOCC2)c2c1CCC2. The van der Waals surface area contributed by atoms with E-state index in [9.17, 15) is 4.79 Å². The summed E-state index contributed by atoms with van der Waals surface area (Å²) in [7, 11) is 1.93. The molecule has 6 nitrogen and oxygen atoms in total. The van der Waals surface area contributed by atoms with Crippen LogP contribution in [0.25, 0.3) is 0 Å². The maximum atomic E-state index is 12.2. The van der Waals surface area contributed by atoms with Gasteiger partial charge in [-0.15, -0.1) is 0 Å². The van der Waals surface area contributed by atoms with Gasteiger partial charge in [0.05, 0.1) is 13.2 Å². The molecule has 1 saturated heterocycles. The summed E-state index contributed by atoms with van der Waals surface area (Å²) in [5, 5.41) is 7.36. The topological polar surface area (TPSA) is 59.4 Å². The third-order valence-electron chi connectivity index (χ3n) is 4.15. The molecule has 1 fully saturated rings. The Morgan fingerprint density at radius 3 is 2.95 bits per heavy atom.